The molecule has 0 amide bonds. The third-order valence-corrected chi connectivity index (χ3v) is 4.42. The fourth-order valence-electron chi connectivity index (χ4n) is 2.24. The highest BCUT2D eigenvalue weighted by molar-refractivity contribution is 7.99. The molecule has 1 aliphatic carbocycles. The third kappa shape index (κ3) is 2.70. The van der Waals surface area contributed by atoms with Crippen molar-refractivity contribution < 1.29 is 0 Å². The minimum Gasteiger partial charge on any atom is -0.270 e. The van der Waals surface area contributed by atoms with Crippen LogP contribution < -0.4 is 5.69 Å². The summed E-state index contributed by atoms with van der Waals surface area (Å²) in [6.07, 6.45) is 6.81. The zero-order chi connectivity index (χ0) is 11.4. The minimum absolute atomic E-state index is 0.0892. The van der Waals surface area contributed by atoms with E-state index in [0.717, 1.165) is 16.8 Å². The highest BCUT2D eigenvalue weighted by atomic mass is 32.2. The van der Waals surface area contributed by atoms with Crippen molar-refractivity contribution in [3.8, 4) is 0 Å². The molecule has 5 heteroatoms. The number of nitrogens with one attached hydrogen (secondary N) is 1. The highest BCUT2D eigenvalue weighted by Crippen LogP contribution is 2.28. The minimum atomic E-state index is -0.0892. The molecule has 1 heterocycles. The monoisotopic (exact) mass is 241 g/mol. The van der Waals surface area contributed by atoms with Crippen molar-refractivity contribution in [3.63, 3.8) is 0 Å². The first-order valence-corrected chi connectivity index (χ1v) is 7.08. The van der Waals surface area contributed by atoms with Gasteiger partial charge in [0.15, 0.2) is 5.16 Å². The zero-order valence-electron chi connectivity index (χ0n) is 9.74. The molecular formula is C11H19N3OS. The average molecular weight is 241 g/mol. The maximum atomic E-state index is 11.4. The molecule has 0 unspecified atom stereocenters. The molecule has 1 aromatic rings. The molecule has 0 atom stereocenters. The van der Waals surface area contributed by atoms with E-state index in [4.69, 9.17) is 0 Å². The maximum Gasteiger partial charge on any atom is 0.343 e. The molecule has 1 fully saturated rings. The van der Waals surface area contributed by atoms with Gasteiger partial charge in [0.2, 0.25) is 0 Å². The molecule has 0 aliphatic heterocycles. The van der Waals surface area contributed by atoms with Crippen LogP contribution in [0.5, 0.6) is 0 Å². The van der Waals surface area contributed by atoms with Crippen LogP contribution in [0.1, 0.15) is 39.0 Å². The van der Waals surface area contributed by atoms with E-state index in [1.807, 2.05) is 6.92 Å². The van der Waals surface area contributed by atoms with Crippen LogP contribution in [0.15, 0.2) is 9.95 Å². The van der Waals surface area contributed by atoms with Crippen molar-refractivity contribution >= 4 is 11.8 Å². The number of nitrogens with zero attached hydrogens (tertiary/aromatic N) is 2. The molecular weight excluding hydrogens is 222 g/mol. The summed E-state index contributed by atoms with van der Waals surface area (Å²) in [4.78, 5) is 11.4. The summed E-state index contributed by atoms with van der Waals surface area (Å²) in [6, 6.07) is 0. The van der Waals surface area contributed by atoms with Gasteiger partial charge in [-0.25, -0.2) is 9.89 Å². The van der Waals surface area contributed by atoms with Gasteiger partial charge in [-0.2, -0.15) is 0 Å². The summed E-state index contributed by atoms with van der Waals surface area (Å²) in [5, 5.41) is 7.42. The van der Waals surface area contributed by atoms with Crippen LogP contribution in [0.3, 0.4) is 0 Å². The van der Waals surface area contributed by atoms with E-state index in [9.17, 15) is 4.79 Å². The zero-order valence-corrected chi connectivity index (χ0v) is 10.6. The number of hydrogen-bond donors (Lipinski definition) is 1. The first kappa shape index (κ1) is 11.8. The van der Waals surface area contributed by atoms with E-state index in [1.54, 1.807) is 16.3 Å². The Morgan fingerprint density at radius 3 is 2.88 bits per heavy atom. The van der Waals surface area contributed by atoms with E-state index in [1.165, 1.54) is 32.1 Å². The molecule has 0 bridgehead atoms. The predicted octanol–water partition coefficient (Wildman–Crippen LogP) is 2.26. The number of thioether (sulfide) groups is 1. The van der Waals surface area contributed by atoms with Gasteiger partial charge in [0.25, 0.3) is 0 Å². The van der Waals surface area contributed by atoms with Crippen LogP contribution in [0.25, 0.3) is 0 Å². The molecule has 0 saturated heterocycles. The lowest BCUT2D eigenvalue weighted by Gasteiger charge is -2.20. The molecule has 4 nitrogen and oxygen atoms in total. The number of aromatic amines is 1. The lowest BCUT2D eigenvalue weighted by atomic mass is 9.91. The van der Waals surface area contributed by atoms with Crippen LogP contribution in [0, 0.1) is 5.92 Å². The van der Waals surface area contributed by atoms with E-state index in [0.29, 0.717) is 6.54 Å². The topological polar surface area (TPSA) is 50.7 Å². The molecule has 1 aliphatic rings. The van der Waals surface area contributed by atoms with Gasteiger partial charge in [0.05, 0.1) is 0 Å². The van der Waals surface area contributed by atoms with Crippen LogP contribution in [0.4, 0.5) is 0 Å². The smallest absolute Gasteiger partial charge is 0.270 e. The van der Waals surface area contributed by atoms with E-state index in [-0.39, 0.29) is 5.69 Å². The fourth-order valence-corrected chi connectivity index (χ4v) is 3.43. The molecule has 2 rings (SSSR count). The van der Waals surface area contributed by atoms with Gasteiger partial charge in [0.1, 0.15) is 0 Å². The normalized spacial score (nSPS) is 17.8. The molecule has 1 aromatic heterocycles. The Hall–Kier alpha value is -0.710. The number of H-pyrrole nitrogens is 1. The Balaban J connectivity index is 1.90. The Morgan fingerprint density at radius 1 is 1.44 bits per heavy atom. The summed E-state index contributed by atoms with van der Waals surface area (Å²) in [5.74, 6) is 1.92. The molecule has 0 spiro atoms. The van der Waals surface area contributed by atoms with Gasteiger partial charge in [-0.15, -0.1) is 5.10 Å². The quantitative estimate of drug-likeness (QED) is 0.823. The van der Waals surface area contributed by atoms with E-state index in [2.05, 4.69) is 10.2 Å². The summed E-state index contributed by atoms with van der Waals surface area (Å²) in [5.41, 5.74) is -0.0892. The largest absolute Gasteiger partial charge is 0.343 e. The molecule has 0 aromatic carbocycles. The Bertz CT molecular complexity index is 379. The Morgan fingerprint density at radius 2 is 2.19 bits per heavy atom. The summed E-state index contributed by atoms with van der Waals surface area (Å²) >= 11 is 1.72. The molecule has 0 radical (unpaired) electrons. The van der Waals surface area contributed by atoms with Crippen molar-refractivity contribution in [2.75, 3.05) is 5.75 Å². The van der Waals surface area contributed by atoms with E-state index >= 15 is 0 Å². The van der Waals surface area contributed by atoms with Crippen LogP contribution >= 0.6 is 11.8 Å². The summed E-state index contributed by atoms with van der Waals surface area (Å²) < 4.78 is 1.70. The second-order valence-electron chi connectivity index (χ2n) is 4.37. The Labute approximate surface area is 99.8 Å². The van der Waals surface area contributed by atoms with Gasteiger partial charge in [-0.05, 0) is 25.7 Å². The van der Waals surface area contributed by atoms with E-state index < -0.39 is 0 Å². The van der Waals surface area contributed by atoms with Gasteiger partial charge >= 0.3 is 5.69 Å². The highest BCUT2D eigenvalue weighted by Gasteiger charge is 2.15. The van der Waals surface area contributed by atoms with Crippen molar-refractivity contribution in [2.24, 2.45) is 5.92 Å². The SMILES string of the molecule is CCn1c(SCC2CCCCC2)n[nH]c1=O. The van der Waals surface area contributed by atoms with Crippen molar-refractivity contribution in [2.45, 2.75) is 50.7 Å². The molecule has 90 valence electrons. The molecule has 1 N–H and O–H groups in total. The third-order valence-electron chi connectivity index (χ3n) is 3.21. The Kier molecular flexibility index (Phi) is 4.09. The maximum absolute atomic E-state index is 11.4. The second-order valence-corrected chi connectivity index (χ2v) is 5.36. The van der Waals surface area contributed by atoms with Gasteiger partial charge < -0.3 is 0 Å². The van der Waals surface area contributed by atoms with Crippen molar-refractivity contribution in [1.82, 2.24) is 14.8 Å². The lowest BCUT2D eigenvalue weighted by molar-refractivity contribution is 0.390. The first-order valence-electron chi connectivity index (χ1n) is 6.09. The lowest BCUT2D eigenvalue weighted by Crippen LogP contribution is -2.16. The van der Waals surface area contributed by atoms with Crippen molar-refractivity contribution in [3.05, 3.63) is 10.5 Å². The van der Waals surface area contributed by atoms with Crippen LogP contribution in [-0.4, -0.2) is 20.5 Å². The average Bonchev–Trinajstić information content (AvgIpc) is 2.68. The number of rotatable bonds is 4. The predicted molar refractivity (Wildman–Crippen MR) is 65.8 cm³/mol. The fraction of sp³-hybridized carbons (Fsp3) is 0.818. The number of aromatic nitrogens is 3. The molecule has 1 saturated carbocycles. The van der Waals surface area contributed by atoms with Crippen LogP contribution in [-0.2, 0) is 6.54 Å². The van der Waals surface area contributed by atoms with Gasteiger partial charge in [0, 0.05) is 12.3 Å². The standard InChI is InChI=1S/C11H19N3OS/c1-2-14-10(15)12-13-11(14)16-8-9-6-4-3-5-7-9/h9H,2-8H2,1H3,(H,12,15). The summed E-state index contributed by atoms with van der Waals surface area (Å²) in [7, 11) is 0. The van der Waals surface area contributed by atoms with Gasteiger partial charge in [-0.1, -0.05) is 31.0 Å². The first-order chi connectivity index (χ1) is 7.81. The van der Waals surface area contributed by atoms with Gasteiger partial charge in [-0.3, -0.25) is 4.57 Å². The molecule has 16 heavy (non-hydrogen) atoms. The number of hydrogen-bond acceptors (Lipinski definition) is 3. The summed E-state index contributed by atoms with van der Waals surface area (Å²) in [6.45, 7) is 2.67. The second kappa shape index (κ2) is 5.57. The van der Waals surface area contributed by atoms with Crippen molar-refractivity contribution in [1.29, 1.82) is 0 Å². The van der Waals surface area contributed by atoms with Crippen LogP contribution in [0.2, 0.25) is 0 Å².